The largest absolute Gasteiger partial charge is 0.508 e. The first-order valence-electron chi connectivity index (χ1n) is 6.27. The maximum absolute atomic E-state index is 9.40. The molecule has 96 valence electrons. The summed E-state index contributed by atoms with van der Waals surface area (Å²) < 4.78 is 11.0. The Hall–Kier alpha value is -1.50. The average Bonchev–Trinajstić information content (AvgIpc) is 2.40. The Balaban J connectivity index is 1.82. The zero-order valence-electron chi connectivity index (χ0n) is 10.6. The lowest BCUT2D eigenvalue weighted by molar-refractivity contribution is -0.154. The van der Waals surface area contributed by atoms with Crippen LogP contribution in [0.25, 0.3) is 0 Å². The van der Waals surface area contributed by atoms with Gasteiger partial charge in [0.05, 0.1) is 0 Å². The van der Waals surface area contributed by atoms with Crippen LogP contribution in [0.5, 0.6) is 5.75 Å². The highest BCUT2D eigenvalue weighted by Crippen LogP contribution is 2.16. The Labute approximate surface area is 108 Å². The maximum atomic E-state index is 9.40. The number of aryl methyl sites for hydroxylation is 1. The maximum Gasteiger partial charge on any atom is 0.158 e. The molecule has 18 heavy (non-hydrogen) atoms. The van der Waals surface area contributed by atoms with Crippen LogP contribution in [0, 0.1) is 18.8 Å². The number of aromatic hydroxyl groups is 1. The van der Waals surface area contributed by atoms with Crippen molar-refractivity contribution in [2.75, 3.05) is 13.2 Å². The van der Waals surface area contributed by atoms with E-state index in [9.17, 15) is 5.11 Å². The fraction of sp³-hybridized carbons (Fsp3) is 0.467. The molecule has 0 aliphatic carbocycles. The molecule has 1 heterocycles. The molecule has 1 N–H and O–H groups in total. The van der Waals surface area contributed by atoms with Crippen molar-refractivity contribution in [3.63, 3.8) is 0 Å². The van der Waals surface area contributed by atoms with Crippen molar-refractivity contribution in [2.24, 2.45) is 0 Å². The highest BCUT2D eigenvalue weighted by atomic mass is 16.7. The van der Waals surface area contributed by atoms with E-state index in [0.29, 0.717) is 12.4 Å². The Bertz CT molecular complexity index is 451. The van der Waals surface area contributed by atoms with Gasteiger partial charge in [0, 0.05) is 12.2 Å². The summed E-state index contributed by atoms with van der Waals surface area (Å²) in [6, 6.07) is 5.32. The van der Waals surface area contributed by atoms with Crippen LogP contribution in [0.1, 0.15) is 30.4 Å². The second-order valence-corrected chi connectivity index (χ2v) is 4.41. The Kier molecular flexibility index (Phi) is 4.63. The van der Waals surface area contributed by atoms with Gasteiger partial charge in [-0.25, -0.2) is 0 Å². The van der Waals surface area contributed by atoms with Crippen LogP contribution >= 0.6 is 0 Å². The smallest absolute Gasteiger partial charge is 0.158 e. The molecule has 1 aliphatic rings. The van der Waals surface area contributed by atoms with Crippen LogP contribution in [-0.4, -0.2) is 24.6 Å². The molecule has 0 bridgehead atoms. The molecule has 3 nitrogen and oxygen atoms in total. The lowest BCUT2D eigenvalue weighted by atomic mass is 10.1. The minimum atomic E-state index is -0.0883. The molecule has 1 atom stereocenters. The third-order valence-electron chi connectivity index (χ3n) is 2.91. The highest BCUT2D eigenvalue weighted by molar-refractivity contribution is 5.42. The van der Waals surface area contributed by atoms with E-state index in [1.54, 1.807) is 12.1 Å². The summed E-state index contributed by atoms with van der Waals surface area (Å²) in [5.74, 6) is 6.27. The summed E-state index contributed by atoms with van der Waals surface area (Å²) in [6.07, 6.45) is 3.16. The van der Waals surface area contributed by atoms with E-state index in [4.69, 9.17) is 9.47 Å². The minimum absolute atomic E-state index is 0.0883. The quantitative estimate of drug-likeness (QED) is 0.815. The summed E-state index contributed by atoms with van der Waals surface area (Å²) in [5.41, 5.74) is 1.72. The van der Waals surface area contributed by atoms with E-state index in [2.05, 4.69) is 11.8 Å². The third kappa shape index (κ3) is 3.76. The standard InChI is InChI=1S/C15H18O3/c1-12-11-13(7-8-14(12)16)5-4-10-18-15-6-2-3-9-17-15/h7-8,11,15-16H,2-3,6,9-10H2,1H3. The van der Waals surface area contributed by atoms with E-state index in [1.165, 1.54) is 0 Å². The van der Waals surface area contributed by atoms with Crippen LogP contribution < -0.4 is 0 Å². The van der Waals surface area contributed by atoms with Crippen molar-refractivity contribution in [3.05, 3.63) is 29.3 Å². The first-order valence-corrected chi connectivity index (χ1v) is 6.27. The van der Waals surface area contributed by atoms with E-state index in [1.807, 2.05) is 13.0 Å². The average molecular weight is 246 g/mol. The first-order chi connectivity index (χ1) is 8.75. The Morgan fingerprint density at radius 1 is 1.44 bits per heavy atom. The molecule has 0 radical (unpaired) electrons. The molecule has 0 saturated carbocycles. The number of benzene rings is 1. The molecular weight excluding hydrogens is 228 g/mol. The zero-order chi connectivity index (χ0) is 12.8. The number of rotatable bonds is 2. The van der Waals surface area contributed by atoms with E-state index in [-0.39, 0.29) is 6.29 Å². The highest BCUT2D eigenvalue weighted by Gasteiger charge is 2.12. The van der Waals surface area contributed by atoms with Gasteiger partial charge in [-0.1, -0.05) is 11.8 Å². The number of phenolic OH excluding ortho intramolecular Hbond substituents is 1. The van der Waals surface area contributed by atoms with Gasteiger partial charge in [-0.3, -0.25) is 0 Å². The van der Waals surface area contributed by atoms with Crippen LogP contribution in [0.4, 0.5) is 0 Å². The molecule has 0 spiro atoms. The van der Waals surface area contributed by atoms with Crippen LogP contribution in [0.2, 0.25) is 0 Å². The van der Waals surface area contributed by atoms with Gasteiger partial charge in [-0.15, -0.1) is 0 Å². The number of phenols is 1. The van der Waals surface area contributed by atoms with Crippen molar-refractivity contribution in [2.45, 2.75) is 32.5 Å². The molecule has 1 unspecified atom stereocenters. The summed E-state index contributed by atoms with van der Waals surface area (Å²) >= 11 is 0. The lowest BCUT2D eigenvalue weighted by Crippen LogP contribution is -2.22. The fourth-order valence-electron chi connectivity index (χ4n) is 1.85. The van der Waals surface area contributed by atoms with E-state index in [0.717, 1.165) is 37.0 Å². The van der Waals surface area contributed by atoms with Gasteiger partial charge in [0.15, 0.2) is 6.29 Å². The van der Waals surface area contributed by atoms with E-state index >= 15 is 0 Å². The molecule has 0 amide bonds. The van der Waals surface area contributed by atoms with Crippen LogP contribution in [-0.2, 0) is 9.47 Å². The van der Waals surface area contributed by atoms with Crippen molar-refractivity contribution >= 4 is 0 Å². The van der Waals surface area contributed by atoms with Gasteiger partial charge in [0.1, 0.15) is 12.4 Å². The first kappa shape index (κ1) is 12.9. The fourth-order valence-corrected chi connectivity index (χ4v) is 1.85. The summed E-state index contributed by atoms with van der Waals surface area (Å²) in [4.78, 5) is 0. The SMILES string of the molecule is Cc1cc(C#CCOC2CCCCO2)ccc1O. The molecule has 3 heteroatoms. The predicted octanol–water partition coefficient (Wildman–Crippen LogP) is 2.60. The summed E-state index contributed by atoms with van der Waals surface area (Å²) in [7, 11) is 0. The van der Waals surface area contributed by atoms with Crippen molar-refractivity contribution in [3.8, 4) is 17.6 Å². The van der Waals surface area contributed by atoms with E-state index < -0.39 is 0 Å². The molecule has 1 aromatic carbocycles. The second-order valence-electron chi connectivity index (χ2n) is 4.41. The molecule has 0 aromatic heterocycles. The van der Waals surface area contributed by atoms with Gasteiger partial charge in [0.25, 0.3) is 0 Å². The van der Waals surface area contributed by atoms with Crippen molar-refractivity contribution in [1.82, 2.24) is 0 Å². The minimum Gasteiger partial charge on any atom is -0.508 e. The molecule has 1 fully saturated rings. The summed E-state index contributed by atoms with van der Waals surface area (Å²) in [5, 5.41) is 9.40. The predicted molar refractivity (Wildman–Crippen MR) is 69.3 cm³/mol. The molecule has 1 aliphatic heterocycles. The van der Waals surface area contributed by atoms with Crippen molar-refractivity contribution < 1.29 is 14.6 Å². The second kappa shape index (κ2) is 6.44. The Morgan fingerprint density at radius 3 is 3.06 bits per heavy atom. The molecule has 1 aromatic rings. The lowest BCUT2D eigenvalue weighted by Gasteiger charge is -2.21. The number of hydrogen-bond acceptors (Lipinski definition) is 3. The van der Waals surface area contributed by atoms with Crippen molar-refractivity contribution in [1.29, 1.82) is 0 Å². The molecule has 2 rings (SSSR count). The van der Waals surface area contributed by atoms with Gasteiger partial charge in [-0.2, -0.15) is 0 Å². The summed E-state index contributed by atoms with van der Waals surface area (Å²) in [6.45, 7) is 3.02. The number of hydrogen-bond donors (Lipinski definition) is 1. The topological polar surface area (TPSA) is 38.7 Å². The van der Waals surface area contributed by atoms with Gasteiger partial charge >= 0.3 is 0 Å². The van der Waals surface area contributed by atoms with Crippen LogP contribution in [0.3, 0.4) is 0 Å². The zero-order valence-corrected chi connectivity index (χ0v) is 10.6. The van der Waals surface area contributed by atoms with Crippen LogP contribution in [0.15, 0.2) is 18.2 Å². The van der Waals surface area contributed by atoms with Gasteiger partial charge in [0.2, 0.25) is 0 Å². The molecular formula is C15H18O3. The monoisotopic (exact) mass is 246 g/mol. The molecule has 1 saturated heterocycles. The Morgan fingerprint density at radius 2 is 2.33 bits per heavy atom. The number of ether oxygens (including phenoxy) is 2. The normalized spacial score (nSPS) is 19.1. The third-order valence-corrected chi connectivity index (χ3v) is 2.91. The van der Waals surface area contributed by atoms with Gasteiger partial charge < -0.3 is 14.6 Å². The van der Waals surface area contributed by atoms with Gasteiger partial charge in [-0.05, 0) is 49.9 Å².